The lowest BCUT2D eigenvalue weighted by Crippen LogP contribution is -2.48. The van der Waals surface area contributed by atoms with Crippen molar-refractivity contribution in [3.8, 4) is 0 Å². The third kappa shape index (κ3) is 30.4. The summed E-state index contributed by atoms with van der Waals surface area (Å²) in [5, 5.41) is 0. The summed E-state index contributed by atoms with van der Waals surface area (Å²) in [7, 11) is 0. The molecule has 0 fully saturated rings. The number of unbranched alkanes of at least 4 members (excludes halogenated alkanes) is 22. The van der Waals surface area contributed by atoms with Gasteiger partial charge in [0.05, 0.1) is 0 Å². The van der Waals surface area contributed by atoms with Gasteiger partial charge < -0.3 is 9.47 Å². The monoisotopic (exact) mass is 619 g/mol. The molecule has 0 aromatic rings. The molecule has 0 aromatic carbocycles. The maximum absolute atomic E-state index is 12.3. The molecular weight excluding hydrogens is 546 g/mol. The Bertz CT molecular complexity index is 648. The lowest BCUT2D eigenvalue weighted by molar-refractivity contribution is -0.226. The summed E-state index contributed by atoms with van der Waals surface area (Å²) in [5.74, 6) is -2.62. The smallest absolute Gasteiger partial charge is 0.315 e. The minimum atomic E-state index is -1.77. The summed E-state index contributed by atoms with van der Waals surface area (Å²) in [6.45, 7) is 8.24. The van der Waals surface area contributed by atoms with E-state index in [4.69, 9.17) is 15.2 Å². The maximum atomic E-state index is 12.3. The van der Waals surface area contributed by atoms with E-state index in [0.717, 1.165) is 51.4 Å². The normalized spacial score (nSPS) is 12.0. The molecule has 257 valence electrons. The van der Waals surface area contributed by atoms with E-state index in [2.05, 4.69) is 45.1 Å². The van der Waals surface area contributed by atoms with Crippen LogP contribution in [-0.4, -0.2) is 17.8 Å². The van der Waals surface area contributed by atoms with Crippen LogP contribution in [0.3, 0.4) is 0 Å². The third-order valence-corrected chi connectivity index (χ3v) is 8.21. The van der Waals surface area contributed by atoms with Crippen molar-refractivity contribution in [3.05, 3.63) is 31.2 Å². The largest absolute Gasteiger partial charge is 0.409 e. The van der Waals surface area contributed by atoms with Crippen molar-refractivity contribution < 1.29 is 19.1 Å². The predicted octanol–water partition coefficient (Wildman–Crippen LogP) is 12.0. The topological polar surface area (TPSA) is 78.6 Å². The number of hydrogen-bond donors (Lipinski definition) is 1. The minimum Gasteiger partial charge on any atom is -0.409 e. The van der Waals surface area contributed by atoms with Gasteiger partial charge in [0.15, 0.2) is 0 Å². The number of carbonyl (C=O) groups is 2. The number of esters is 2. The molecule has 0 aliphatic rings. The van der Waals surface area contributed by atoms with Crippen LogP contribution in [0.5, 0.6) is 0 Å². The first-order valence-corrected chi connectivity index (χ1v) is 18.8. The number of ether oxygens (including phenoxy) is 2. The Labute approximate surface area is 273 Å². The highest BCUT2D eigenvalue weighted by Gasteiger charge is 2.32. The number of nitrogens with two attached hydrogens (primary N) is 1. The van der Waals surface area contributed by atoms with E-state index in [1.165, 1.54) is 116 Å². The molecule has 0 rings (SSSR count). The maximum Gasteiger partial charge on any atom is 0.315 e. The molecule has 0 bridgehead atoms. The molecule has 0 unspecified atom stereocenters. The van der Waals surface area contributed by atoms with Crippen LogP contribution >= 0.6 is 0 Å². The fourth-order valence-electron chi connectivity index (χ4n) is 5.29. The van der Waals surface area contributed by atoms with Gasteiger partial charge >= 0.3 is 17.8 Å². The van der Waals surface area contributed by atoms with Crippen LogP contribution in [0.4, 0.5) is 0 Å². The zero-order valence-corrected chi connectivity index (χ0v) is 29.2. The molecule has 0 spiro atoms. The van der Waals surface area contributed by atoms with Gasteiger partial charge in [-0.2, -0.15) is 0 Å². The first-order chi connectivity index (χ1) is 21.5. The van der Waals surface area contributed by atoms with Crippen molar-refractivity contribution >= 4 is 11.9 Å². The Hall–Kier alpha value is -1.62. The van der Waals surface area contributed by atoms with Crippen LogP contribution in [0.25, 0.3) is 0 Å². The molecule has 0 saturated carbocycles. The first kappa shape index (κ1) is 42.4. The van der Waals surface area contributed by atoms with Crippen molar-refractivity contribution in [1.29, 1.82) is 0 Å². The molecule has 5 heteroatoms. The van der Waals surface area contributed by atoms with Crippen LogP contribution in [-0.2, 0) is 19.1 Å². The van der Waals surface area contributed by atoms with Crippen LogP contribution in [0.15, 0.2) is 24.3 Å². The molecule has 0 aliphatic carbocycles. The molecule has 0 saturated heterocycles. The van der Waals surface area contributed by atoms with Gasteiger partial charge in [-0.1, -0.05) is 141 Å². The van der Waals surface area contributed by atoms with Crippen molar-refractivity contribution in [1.82, 2.24) is 0 Å². The summed E-state index contributed by atoms with van der Waals surface area (Å²) < 4.78 is 10.6. The fourth-order valence-corrected chi connectivity index (χ4v) is 5.29. The molecule has 0 aliphatic heterocycles. The van der Waals surface area contributed by atoms with E-state index >= 15 is 0 Å². The van der Waals surface area contributed by atoms with E-state index in [-0.39, 0.29) is 19.3 Å². The van der Waals surface area contributed by atoms with Gasteiger partial charge in [0.1, 0.15) is 0 Å². The number of rotatable bonds is 33. The first-order valence-electron chi connectivity index (χ1n) is 18.8. The number of allylic oxidation sites excluding steroid dienone is 4. The molecular formula is C39H72NO4. The second-order valence-electron chi connectivity index (χ2n) is 12.7. The Morgan fingerprint density at radius 3 is 1.07 bits per heavy atom. The molecule has 2 N–H and O–H groups in total. The third-order valence-electron chi connectivity index (χ3n) is 8.21. The molecule has 5 nitrogen and oxygen atoms in total. The van der Waals surface area contributed by atoms with Gasteiger partial charge in [0, 0.05) is 19.3 Å². The van der Waals surface area contributed by atoms with Gasteiger partial charge in [-0.05, 0) is 71.1 Å². The number of hydrogen-bond acceptors (Lipinski definition) is 5. The Balaban J connectivity index is 3.73. The van der Waals surface area contributed by atoms with E-state index in [1.54, 1.807) is 0 Å². The van der Waals surface area contributed by atoms with Crippen LogP contribution in [0.2, 0.25) is 0 Å². The van der Waals surface area contributed by atoms with Gasteiger partial charge in [-0.25, -0.2) is 0 Å². The van der Waals surface area contributed by atoms with Crippen molar-refractivity contribution in [2.45, 2.75) is 206 Å². The van der Waals surface area contributed by atoms with Crippen LogP contribution in [0, 0.1) is 6.92 Å². The standard InChI is InChI=1S/C39H72NO4/c1-4-7-9-11-13-15-17-19-21-23-25-27-29-31-33-35-37(41)43-39(40,6-3)44-38(42)36-34-32-30-28-26-24-22-20-18-16-14-12-10-8-5-2/h19-22H,3-18,23-36,40H2,1-2H3/b21-19-,22-20-. The van der Waals surface area contributed by atoms with E-state index < -0.39 is 17.8 Å². The van der Waals surface area contributed by atoms with Gasteiger partial charge in [-0.15, -0.1) is 0 Å². The zero-order chi connectivity index (χ0) is 32.4. The van der Waals surface area contributed by atoms with E-state index in [1.807, 2.05) is 0 Å². The van der Waals surface area contributed by atoms with Gasteiger partial charge in [-0.3, -0.25) is 15.3 Å². The molecule has 1 radical (unpaired) electrons. The highest BCUT2D eigenvalue weighted by Crippen LogP contribution is 2.17. The Kier molecular flexibility index (Phi) is 31.6. The second-order valence-corrected chi connectivity index (χ2v) is 12.7. The predicted molar refractivity (Wildman–Crippen MR) is 188 cm³/mol. The molecule has 0 atom stereocenters. The molecule has 44 heavy (non-hydrogen) atoms. The Morgan fingerprint density at radius 1 is 0.500 bits per heavy atom. The summed E-state index contributed by atoms with van der Waals surface area (Å²) in [6.07, 6.45) is 41.2. The fraction of sp³-hybridized carbons (Fsp3) is 0.821. The summed E-state index contributed by atoms with van der Waals surface area (Å²) >= 11 is 0. The molecule has 0 heterocycles. The quantitative estimate of drug-likeness (QED) is 0.0342. The van der Waals surface area contributed by atoms with E-state index in [9.17, 15) is 9.59 Å². The van der Waals surface area contributed by atoms with Crippen molar-refractivity contribution in [2.75, 3.05) is 0 Å². The lowest BCUT2D eigenvalue weighted by atomic mass is 10.1. The summed E-state index contributed by atoms with van der Waals surface area (Å²) in [4.78, 5) is 24.6. The summed E-state index contributed by atoms with van der Waals surface area (Å²) in [5.41, 5.74) is 6.05. The Morgan fingerprint density at radius 2 is 0.773 bits per heavy atom. The average molecular weight is 619 g/mol. The van der Waals surface area contributed by atoms with Crippen molar-refractivity contribution in [3.63, 3.8) is 0 Å². The van der Waals surface area contributed by atoms with Gasteiger partial charge in [0.2, 0.25) is 0 Å². The van der Waals surface area contributed by atoms with Crippen molar-refractivity contribution in [2.24, 2.45) is 5.73 Å². The highest BCUT2D eigenvalue weighted by molar-refractivity contribution is 5.72. The lowest BCUT2D eigenvalue weighted by Gasteiger charge is -2.27. The molecule has 0 aromatic heterocycles. The summed E-state index contributed by atoms with van der Waals surface area (Å²) in [6, 6.07) is 0. The van der Waals surface area contributed by atoms with Gasteiger partial charge in [0.25, 0.3) is 0 Å². The highest BCUT2D eigenvalue weighted by atomic mass is 16.7. The second kappa shape index (κ2) is 32.8. The number of carbonyl (C=O) groups excluding carboxylic acids is 2. The van der Waals surface area contributed by atoms with Crippen LogP contribution < -0.4 is 5.73 Å². The molecule has 0 amide bonds. The average Bonchev–Trinajstić information content (AvgIpc) is 3.01. The SMILES string of the molecule is [CH2]CC(N)(OC(=O)CCCCCCC/C=C\CCCCCCCC)OC(=O)CCCCCCC/C=C\CCCCCCCC. The zero-order valence-electron chi connectivity index (χ0n) is 29.2. The minimum absolute atomic E-state index is 0.0107. The van der Waals surface area contributed by atoms with Crippen LogP contribution in [0.1, 0.15) is 200 Å². The van der Waals surface area contributed by atoms with E-state index in [0.29, 0.717) is 0 Å².